The van der Waals surface area contributed by atoms with Crippen molar-refractivity contribution in [2.75, 3.05) is 217 Å². The highest BCUT2D eigenvalue weighted by molar-refractivity contribution is 6.35. The fraction of sp³-hybridized carbons (Fsp3) is 0.583. The topological polar surface area (TPSA) is 374 Å². The molecule has 6 heterocycles. The Morgan fingerprint density at radius 3 is 1.74 bits per heavy atom. The number of carboxylic acids is 3. The lowest BCUT2D eigenvalue weighted by molar-refractivity contribution is -0.154. The Balaban J connectivity index is 0.860. The number of ether oxygens (including phenoxy) is 9. The molecule has 33 nitrogen and oxygen atoms in total. The first-order chi connectivity index (χ1) is 51.4. The monoisotopic (exact) mass is 1540 g/mol. The summed E-state index contributed by atoms with van der Waals surface area (Å²) in [6, 6.07) is 14.0. The van der Waals surface area contributed by atoms with Gasteiger partial charge >= 0.3 is 17.9 Å². The second kappa shape index (κ2) is 40.3. The molecule has 4 fully saturated rings. The van der Waals surface area contributed by atoms with Crippen LogP contribution in [0.3, 0.4) is 0 Å². The maximum absolute atomic E-state index is 14.7. The number of aliphatic carboxylic acids is 3. The van der Waals surface area contributed by atoms with E-state index in [-0.39, 0.29) is 149 Å². The molecule has 4 saturated heterocycles. The number of fused-ring (bicyclic) bond motifs is 3. The molecule has 0 unspecified atom stereocenters. The number of hydrogen-bond acceptors (Lipinski definition) is 23. The van der Waals surface area contributed by atoms with Gasteiger partial charge in [-0.1, -0.05) is 35.3 Å². The molecule has 1 spiro atoms. The molecular weight excluding hydrogens is 1440 g/mol. The number of morpholine rings is 1. The summed E-state index contributed by atoms with van der Waals surface area (Å²) in [6.45, 7) is 9.10. The fourth-order valence-corrected chi connectivity index (χ4v) is 14.0. The maximum Gasteiger partial charge on any atom is 0.317 e. The average molecular weight is 1540 g/mol. The number of carbonyl (C=O) groups excluding carboxylic acids is 6. The van der Waals surface area contributed by atoms with Gasteiger partial charge in [0, 0.05) is 131 Å². The highest BCUT2D eigenvalue weighted by atomic mass is 35.5. The summed E-state index contributed by atoms with van der Waals surface area (Å²) in [5.41, 5.74) is 2.28. The summed E-state index contributed by atoms with van der Waals surface area (Å²) in [5, 5.41) is 42.9. The Morgan fingerprint density at radius 2 is 1.19 bits per heavy atom. The van der Waals surface area contributed by atoms with Crippen LogP contribution in [0.2, 0.25) is 10.0 Å². The van der Waals surface area contributed by atoms with Crippen LogP contribution in [0.15, 0.2) is 54.6 Å². The number of halogens is 2. The molecule has 1 atom stereocenters. The number of hydrogen-bond donors (Lipinski definition) is 6. The Morgan fingerprint density at radius 1 is 0.626 bits per heavy atom. The molecule has 5 aliphatic heterocycles. The molecule has 35 heteroatoms. The zero-order chi connectivity index (χ0) is 76.6. The van der Waals surface area contributed by atoms with Crippen molar-refractivity contribution in [3.8, 4) is 39.6 Å². The second-order valence-corrected chi connectivity index (χ2v) is 28.1. The van der Waals surface area contributed by atoms with E-state index in [4.69, 9.17) is 70.9 Å². The number of benzene rings is 3. The quantitative estimate of drug-likeness (QED) is 0.0353. The number of likely N-dealkylation sites (tertiary alicyclic amines) is 2. The van der Waals surface area contributed by atoms with Gasteiger partial charge in [0.2, 0.25) is 29.5 Å². The lowest BCUT2D eigenvalue weighted by Crippen LogP contribution is -2.70. The van der Waals surface area contributed by atoms with Crippen LogP contribution in [-0.2, 0) is 78.1 Å². The van der Waals surface area contributed by atoms with Crippen LogP contribution >= 0.6 is 23.2 Å². The van der Waals surface area contributed by atoms with Crippen LogP contribution < -0.4 is 25.4 Å². The van der Waals surface area contributed by atoms with E-state index in [1.54, 1.807) is 83.7 Å². The van der Waals surface area contributed by atoms with Gasteiger partial charge in [-0.05, 0) is 68.7 Å². The van der Waals surface area contributed by atoms with Gasteiger partial charge < -0.3 is 88.6 Å². The average Bonchev–Trinajstić information content (AvgIpc) is 1.64. The van der Waals surface area contributed by atoms with Crippen LogP contribution in [0.5, 0.6) is 11.5 Å². The third kappa shape index (κ3) is 23.9. The van der Waals surface area contributed by atoms with Crippen LogP contribution in [0.4, 0.5) is 5.69 Å². The van der Waals surface area contributed by atoms with E-state index < -0.39 is 65.1 Å². The van der Waals surface area contributed by atoms with Crippen LogP contribution in [0.1, 0.15) is 55.6 Å². The summed E-state index contributed by atoms with van der Waals surface area (Å²) in [4.78, 5) is 132. The highest BCUT2D eigenvalue weighted by Gasteiger charge is 2.53. The van der Waals surface area contributed by atoms with E-state index in [2.05, 4.69) is 16.0 Å². The van der Waals surface area contributed by atoms with Gasteiger partial charge in [0.05, 0.1) is 155 Å². The predicted molar refractivity (Wildman–Crippen MR) is 389 cm³/mol. The lowest BCUT2D eigenvalue weighted by atomic mass is 9.86. The summed E-state index contributed by atoms with van der Waals surface area (Å²) >= 11 is 13.2. The van der Waals surface area contributed by atoms with Crippen molar-refractivity contribution in [2.24, 2.45) is 0 Å². The zero-order valence-electron chi connectivity index (χ0n) is 61.0. The molecule has 0 saturated carbocycles. The zero-order valence-corrected chi connectivity index (χ0v) is 62.5. The van der Waals surface area contributed by atoms with Gasteiger partial charge in [-0.15, -0.1) is 0 Å². The maximum atomic E-state index is 14.7. The van der Waals surface area contributed by atoms with E-state index in [0.717, 1.165) is 0 Å². The molecular formula is C72H98Cl2N12O21. The van der Waals surface area contributed by atoms with E-state index in [0.29, 0.717) is 153 Å². The van der Waals surface area contributed by atoms with Gasteiger partial charge in [-0.2, -0.15) is 5.10 Å². The number of anilines is 1. The molecule has 586 valence electrons. The summed E-state index contributed by atoms with van der Waals surface area (Å²) in [6.07, 6.45) is 0.521. The van der Waals surface area contributed by atoms with Gasteiger partial charge in [-0.25, -0.2) is 4.68 Å². The minimum Gasteiger partial charge on any atom is -0.496 e. The fourth-order valence-electron chi connectivity index (χ4n) is 13.5. The minimum absolute atomic E-state index is 0.0122. The van der Waals surface area contributed by atoms with Gasteiger partial charge in [0.1, 0.15) is 24.1 Å². The number of nitrogens with one attached hydrogen (secondary N) is 3. The highest BCUT2D eigenvalue weighted by Crippen LogP contribution is 2.47. The van der Waals surface area contributed by atoms with Crippen molar-refractivity contribution >= 4 is 82.2 Å². The van der Waals surface area contributed by atoms with Crippen molar-refractivity contribution in [2.45, 2.75) is 63.3 Å². The van der Waals surface area contributed by atoms with Crippen LogP contribution in [0, 0.1) is 0 Å². The number of methoxy groups -OCH3 is 2. The van der Waals surface area contributed by atoms with E-state index in [1.165, 1.54) is 12.0 Å². The van der Waals surface area contributed by atoms with Crippen molar-refractivity contribution in [1.29, 1.82) is 0 Å². The summed E-state index contributed by atoms with van der Waals surface area (Å²) < 4.78 is 52.5. The van der Waals surface area contributed by atoms with Crippen molar-refractivity contribution in [3.63, 3.8) is 0 Å². The van der Waals surface area contributed by atoms with E-state index in [9.17, 15) is 58.5 Å². The number of amides is 6. The number of carbonyl (C=O) groups is 9. The van der Waals surface area contributed by atoms with Gasteiger partial charge in [-0.3, -0.25) is 62.8 Å². The molecule has 6 N–H and O–H groups in total. The molecule has 6 amide bonds. The molecule has 4 aromatic rings. The number of carboxylic acid groups (broad SMARTS) is 3. The van der Waals surface area contributed by atoms with Gasteiger partial charge in [0.25, 0.3) is 5.91 Å². The molecule has 107 heavy (non-hydrogen) atoms. The Bertz CT molecular complexity index is 3700. The van der Waals surface area contributed by atoms with Crippen molar-refractivity contribution in [1.82, 2.24) is 54.7 Å². The third-order valence-electron chi connectivity index (χ3n) is 19.0. The van der Waals surface area contributed by atoms with E-state index in [1.807, 2.05) is 26.0 Å². The normalized spacial score (nSPS) is 17.3. The van der Waals surface area contributed by atoms with Gasteiger partial charge in [0.15, 0.2) is 5.69 Å². The van der Waals surface area contributed by atoms with Crippen molar-refractivity contribution in [3.05, 3.63) is 75.9 Å². The second-order valence-electron chi connectivity index (χ2n) is 27.3. The van der Waals surface area contributed by atoms with Crippen LogP contribution in [-0.4, -0.2) is 341 Å². The number of aromatic nitrogens is 2. The third-order valence-corrected chi connectivity index (χ3v) is 19.4. The first-order valence-corrected chi connectivity index (χ1v) is 36.5. The molecule has 3 aromatic carbocycles. The van der Waals surface area contributed by atoms with Crippen LogP contribution in [0.25, 0.3) is 28.1 Å². The minimum atomic E-state index is -1.41. The number of nitrogens with zero attached hydrogens (tertiary/aromatic N) is 9. The lowest BCUT2D eigenvalue weighted by Gasteiger charge is -2.53. The SMILES string of the molecule is COCCOCCOCCOCCOCCOCCC(=O)N[C@H](CC(=O)N1CC2(CCCN2C(=O)CNC(=O)CN2CCN(CC(=O)O)CCN(CC(=O)O)CCN(CC(=O)O)CC2)C1)C(=O)Nc1cccc(-c2cc3c(cc2OC)OCc2c(C(=O)N4CCOCC4(C)C)nn(-c4cc(Cl)cc(Cl)c4)c2-3)c1. The molecule has 0 bridgehead atoms. The van der Waals surface area contributed by atoms with Crippen molar-refractivity contribution < 1.29 is 101 Å². The molecule has 9 rings (SSSR count). The summed E-state index contributed by atoms with van der Waals surface area (Å²) in [7, 11) is 3.11. The number of rotatable bonds is 37. The largest absolute Gasteiger partial charge is 0.496 e. The first-order valence-electron chi connectivity index (χ1n) is 35.7. The molecule has 1 aromatic heterocycles. The Kier molecular flexibility index (Phi) is 31.2. The first kappa shape index (κ1) is 82.9. The smallest absolute Gasteiger partial charge is 0.317 e. The Labute approximate surface area is 630 Å². The molecule has 0 aliphatic carbocycles. The molecule has 5 aliphatic rings. The summed E-state index contributed by atoms with van der Waals surface area (Å²) in [5.74, 6) is -5.40. The predicted octanol–water partition coefficient (Wildman–Crippen LogP) is 2.39. The van der Waals surface area contributed by atoms with E-state index >= 15 is 0 Å². The standard InChI is InChI=1S/C72H98Cl2N12O21/c1-71(2)48-106-22-20-85(71)70(98)67-56-45-107-59-39-58(100-4)54(37-55(59)68(56)86(78-67)53-35-50(73)34-51(74)36-53)49-7-5-8-52(33-49)76-69(97)57(77-60(87)9-21-101-25-26-103-29-30-105-32-31-104-28-27-102-24-23-99-3)38-62(89)83-46-72(47-83)10-6-11-84(72)63(90)40-75-61(88)41-79-12-14-80(42-64(91)92)16-18-82(44-66(95)96)19-17-81(15-13-79)43-65(93)94/h5,7-8,33-37,39,57H,6,9-32,38,40-48H2,1-4H3,(H,75,88)(H,76,97)(H,77,87)(H,91,92)(H,93,94)(H,95,96)/t57-/m1/s1. The Hall–Kier alpha value is -8.16. The molecule has 0 radical (unpaired) electrons.